The molecule has 15 heavy (non-hydrogen) atoms. The molecule has 0 aliphatic rings. The van der Waals surface area contributed by atoms with Crippen molar-refractivity contribution >= 4 is 11.7 Å². The molecule has 0 aliphatic carbocycles. The van der Waals surface area contributed by atoms with Crippen molar-refractivity contribution in [1.29, 1.82) is 0 Å². The summed E-state index contributed by atoms with van der Waals surface area (Å²) in [6.07, 6.45) is 0. The molecular weight excluding hydrogens is 190 g/mol. The summed E-state index contributed by atoms with van der Waals surface area (Å²) in [5.74, 6) is -0.104. The molecule has 1 amide bonds. The minimum Gasteiger partial charge on any atom is -0.345 e. The molecule has 0 aliphatic heterocycles. The van der Waals surface area contributed by atoms with E-state index in [1.807, 2.05) is 6.92 Å². The molecule has 0 saturated carbocycles. The van der Waals surface area contributed by atoms with Crippen molar-refractivity contribution in [2.45, 2.75) is 13.8 Å². The molecule has 1 rings (SSSR count). The van der Waals surface area contributed by atoms with Gasteiger partial charge in [-0.1, -0.05) is 0 Å². The lowest BCUT2D eigenvalue weighted by atomic mass is 10.0. The van der Waals surface area contributed by atoms with Crippen LogP contribution in [0.2, 0.25) is 0 Å². The van der Waals surface area contributed by atoms with Crippen LogP contribution in [0.25, 0.3) is 0 Å². The van der Waals surface area contributed by atoms with E-state index < -0.39 is 0 Å². The van der Waals surface area contributed by atoms with Crippen LogP contribution in [0.3, 0.4) is 0 Å². The van der Waals surface area contributed by atoms with Gasteiger partial charge in [-0.25, -0.2) is 0 Å². The normalized spacial score (nSPS) is 9.87. The maximum Gasteiger partial charge on any atom is 0.253 e. The van der Waals surface area contributed by atoms with E-state index in [1.54, 1.807) is 32.3 Å². The first-order valence-electron chi connectivity index (χ1n) is 4.76. The van der Waals surface area contributed by atoms with Crippen molar-refractivity contribution in [1.82, 2.24) is 4.90 Å². The highest BCUT2D eigenvalue weighted by molar-refractivity contribution is 5.99. The number of hydrogen-bond donors (Lipinski definition) is 0. The second-order valence-corrected chi connectivity index (χ2v) is 3.84. The van der Waals surface area contributed by atoms with Crippen LogP contribution in [0.5, 0.6) is 0 Å². The van der Waals surface area contributed by atoms with Crippen LogP contribution in [0.15, 0.2) is 18.2 Å². The van der Waals surface area contributed by atoms with Crippen molar-refractivity contribution < 1.29 is 9.59 Å². The highest BCUT2D eigenvalue weighted by atomic mass is 16.2. The van der Waals surface area contributed by atoms with Gasteiger partial charge < -0.3 is 4.90 Å². The summed E-state index contributed by atoms with van der Waals surface area (Å²) in [4.78, 5) is 24.4. The first-order valence-corrected chi connectivity index (χ1v) is 4.76. The summed E-state index contributed by atoms with van der Waals surface area (Å²) in [6.45, 7) is 3.37. The minimum absolute atomic E-state index is 0.0218. The van der Waals surface area contributed by atoms with Gasteiger partial charge in [0.2, 0.25) is 0 Å². The van der Waals surface area contributed by atoms with Crippen molar-refractivity contribution in [3.63, 3.8) is 0 Å². The average molecular weight is 205 g/mol. The molecular formula is C12H15NO2. The molecule has 3 heteroatoms. The predicted octanol–water partition coefficient (Wildman–Crippen LogP) is 1.90. The van der Waals surface area contributed by atoms with Crippen molar-refractivity contribution in [3.05, 3.63) is 34.9 Å². The fraction of sp³-hybridized carbons (Fsp3) is 0.333. The molecule has 0 bridgehead atoms. The van der Waals surface area contributed by atoms with Gasteiger partial charge in [0.05, 0.1) is 0 Å². The van der Waals surface area contributed by atoms with E-state index in [0.29, 0.717) is 11.1 Å². The van der Waals surface area contributed by atoms with Gasteiger partial charge in [-0.2, -0.15) is 0 Å². The number of ketones is 1. The molecule has 0 fully saturated rings. The fourth-order valence-electron chi connectivity index (χ4n) is 1.37. The van der Waals surface area contributed by atoms with Crippen LogP contribution >= 0.6 is 0 Å². The Labute approximate surface area is 89.7 Å². The fourth-order valence-corrected chi connectivity index (χ4v) is 1.37. The number of hydrogen-bond acceptors (Lipinski definition) is 2. The molecule has 0 N–H and O–H groups in total. The minimum atomic E-state index is -0.0822. The zero-order valence-electron chi connectivity index (χ0n) is 9.50. The Morgan fingerprint density at radius 3 is 2.07 bits per heavy atom. The van der Waals surface area contributed by atoms with E-state index in [9.17, 15) is 9.59 Å². The van der Waals surface area contributed by atoms with Crippen molar-refractivity contribution in [3.8, 4) is 0 Å². The zero-order valence-corrected chi connectivity index (χ0v) is 9.50. The number of benzene rings is 1. The maximum absolute atomic E-state index is 11.7. The second-order valence-electron chi connectivity index (χ2n) is 3.84. The topological polar surface area (TPSA) is 37.4 Å². The molecule has 80 valence electrons. The number of amides is 1. The Balaban J connectivity index is 3.20. The van der Waals surface area contributed by atoms with Crippen LogP contribution in [0, 0.1) is 6.92 Å². The number of nitrogens with zero attached hydrogens (tertiary/aromatic N) is 1. The summed E-state index contributed by atoms with van der Waals surface area (Å²) in [5.41, 5.74) is 2.07. The number of aryl methyl sites for hydroxylation is 1. The monoisotopic (exact) mass is 205 g/mol. The number of rotatable bonds is 2. The van der Waals surface area contributed by atoms with Crippen LogP contribution in [-0.2, 0) is 0 Å². The van der Waals surface area contributed by atoms with Gasteiger partial charge in [0.1, 0.15) is 0 Å². The predicted molar refractivity (Wildman–Crippen MR) is 59.2 cm³/mol. The van der Waals surface area contributed by atoms with Gasteiger partial charge in [-0.15, -0.1) is 0 Å². The third kappa shape index (κ3) is 2.65. The zero-order chi connectivity index (χ0) is 11.6. The Bertz CT molecular complexity index is 408. The Morgan fingerprint density at radius 2 is 1.60 bits per heavy atom. The van der Waals surface area contributed by atoms with Gasteiger partial charge in [-0.3, -0.25) is 9.59 Å². The molecule has 0 atom stereocenters. The number of carbonyl (C=O) groups excluding carboxylic acids is 2. The average Bonchev–Trinajstić information content (AvgIpc) is 2.15. The molecule has 3 nitrogen and oxygen atoms in total. The summed E-state index contributed by atoms with van der Waals surface area (Å²) in [6, 6.07) is 5.21. The van der Waals surface area contributed by atoms with E-state index >= 15 is 0 Å². The molecule has 1 aromatic carbocycles. The van der Waals surface area contributed by atoms with Crippen LogP contribution in [-0.4, -0.2) is 30.7 Å². The van der Waals surface area contributed by atoms with E-state index in [4.69, 9.17) is 0 Å². The van der Waals surface area contributed by atoms with Gasteiger partial charge in [0.25, 0.3) is 5.91 Å². The lowest BCUT2D eigenvalue weighted by Crippen LogP contribution is -2.22. The first kappa shape index (κ1) is 11.4. The largest absolute Gasteiger partial charge is 0.345 e. The van der Waals surface area contributed by atoms with Crippen LogP contribution < -0.4 is 0 Å². The first-order chi connectivity index (χ1) is 6.91. The molecule has 0 spiro atoms. The SMILES string of the molecule is CC(=O)c1cc(C)cc(C(=O)N(C)C)c1. The summed E-state index contributed by atoms with van der Waals surface area (Å²) in [5, 5.41) is 0. The van der Waals surface area contributed by atoms with E-state index in [1.165, 1.54) is 11.8 Å². The molecule has 1 aromatic rings. The quantitative estimate of drug-likeness (QED) is 0.691. The third-order valence-electron chi connectivity index (χ3n) is 2.14. The van der Waals surface area contributed by atoms with Crippen LogP contribution in [0.4, 0.5) is 0 Å². The number of carbonyl (C=O) groups is 2. The lowest BCUT2D eigenvalue weighted by molar-refractivity contribution is 0.0827. The summed E-state index contributed by atoms with van der Waals surface area (Å²) in [7, 11) is 3.39. The molecule has 0 unspecified atom stereocenters. The second kappa shape index (κ2) is 4.26. The van der Waals surface area contributed by atoms with Crippen LogP contribution in [0.1, 0.15) is 33.2 Å². The van der Waals surface area contributed by atoms with Crippen molar-refractivity contribution in [2.24, 2.45) is 0 Å². The summed E-state index contributed by atoms with van der Waals surface area (Å²) < 4.78 is 0. The van der Waals surface area contributed by atoms with E-state index in [-0.39, 0.29) is 11.7 Å². The smallest absolute Gasteiger partial charge is 0.253 e. The highest BCUT2D eigenvalue weighted by Gasteiger charge is 2.10. The maximum atomic E-state index is 11.7. The summed E-state index contributed by atoms with van der Waals surface area (Å²) >= 11 is 0. The van der Waals surface area contributed by atoms with Gasteiger partial charge in [0.15, 0.2) is 5.78 Å². The molecule has 0 saturated heterocycles. The molecule has 0 aromatic heterocycles. The van der Waals surface area contributed by atoms with E-state index in [0.717, 1.165) is 5.56 Å². The molecule has 0 radical (unpaired) electrons. The Kier molecular flexibility index (Phi) is 3.24. The van der Waals surface area contributed by atoms with Gasteiger partial charge in [0, 0.05) is 25.2 Å². The highest BCUT2D eigenvalue weighted by Crippen LogP contribution is 2.11. The Morgan fingerprint density at radius 1 is 1.07 bits per heavy atom. The lowest BCUT2D eigenvalue weighted by Gasteiger charge is -2.11. The third-order valence-corrected chi connectivity index (χ3v) is 2.14. The van der Waals surface area contributed by atoms with Gasteiger partial charge in [-0.05, 0) is 37.6 Å². The van der Waals surface area contributed by atoms with Crippen molar-refractivity contribution in [2.75, 3.05) is 14.1 Å². The number of Topliss-reactive ketones (excluding diaryl/α,β-unsaturated/α-hetero) is 1. The Hall–Kier alpha value is -1.64. The van der Waals surface area contributed by atoms with Gasteiger partial charge >= 0.3 is 0 Å². The molecule has 0 heterocycles. The van der Waals surface area contributed by atoms with E-state index in [2.05, 4.69) is 0 Å². The standard InChI is InChI=1S/C12H15NO2/c1-8-5-10(9(2)14)7-11(6-8)12(15)13(3)4/h5-7H,1-4H3.